The lowest BCUT2D eigenvalue weighted by Gasteiger charge is -2.09. The van der Waals surface area contributed by atoms with Gasteiger partial charge in [-0.25, -0.2) is 0 Å². The van der Waals surface area contributed by atoms with Gasteiger partial charge in [-0.05, 0) is 31.2 Å². The van der Waals surface area contributed by atoms with Crippen molar-refractivity contribution in [1.82, 2.24) is 0 Å². The van der Waals surface area contributed by atoms with Gasteiger partial charge in [-0.3, -0.25) is 4.79 Å². The molecule has 0 unspecified atom stereocenters. The molecular formula is C10H8F3O3. The van der Waals surface area contributed by atoms with Crippen LogP contribution in [0.25, 0.3) is 0 Å². The van der Waals surface area contributed by atoms with Crippen LogP contribution >= 0.6 is 0 Å². The van der Waals surface area contributed by atoms with Crippen molar-refractivity contribution in [3.05, 3.63) is 31.2 Å². The van der Waals surface area contributed by atoms with Crippen LogP contribution in [-0.2, 0) is 4.79 Å². The summed E-state index contributed by atoms with van der Waals surface area (Å²) in [5.41, 5.74) is 0. The van der Waals surface area contributed by atoms with Gasteiger partial charge in [0.1, 0.15) is 11.5 Å². The molecule has 6 heteroatoms. The van der Waals surface area contributed by atoms with Gasteiger partial charge in [-0.1, -0.05) is 0 Å². The highest BCUT2D eigenvalue weighted by atomic mass is 19.4. The van der Waals surface area contributed by atoms with E-state index >= 15 is 0 Å². The Morgan fingerprint density at radius 3 is 2.12 bits per heavy atom. The molecule has 3 nitrogen and oxygen atoms in total. The molecule has 0 amide bonds. The number of carbonyl (C=O) groups excluding carboxylic acids is 1. The molecule has 0 N–H and O–H groups in total. The zero-order valence-corrected chi connectivity index (χ0v) is 8.08. The van der Waals surface area contributed by atoms with Gasteiger partial charge in [0.2, 0.25) is 0 Å². The summed E-state index contributed by atoms with van der Waals surface area (Å²) in [5, 5.41) is 0. The van der Waals surface area contributed by atoms with Gasteiger partial charge >= 0.3 is 12.3 Å². The second kappa shape index (κ2) is 4.87. The maximum atomic E-state index is 11.8. The Hall–Kier alpha value is -1.72. The average Bonchev–Trinajstić information content (AvgIpc) is 2.18. The largest absolute Gasteiger partial charge is 0.573 e. The van der Waals surface area contributed by atoms with Crippen molar-refractivity contribution in [1.29, 1.82) is 0 Å². The van der Waals surface area contributed by atoms with Crippen LogP contribution in [0.2, 0.25) is 0 Å². The average molecular weight is 233 g/mol. The van der Waals surface area contributed by atoms with Crippen LogP contribution in [0.1, 0.15) is 6.42 Å². The van der Waals surface area contributed by atoms with E-state index in [0.717, 1.165) is 12.1 Å². The Bertz CT molecular complexity index is 357. The minimum absolute atomic E-state index is 0.0548. The SMILES string of the molecule is [CH2]CC(=O)Oc1ccc(OC(F)(F)F)cc1. The van der Waals surface area contributed by atoms with Gasteiger partial charge < -0.3 is 9.47 Å². The van der Waals surface area contributed by atoms with E-state index < -0.39 is 12.3 Å². The zero-order valence-electron chi connectivity index (χ0n) is 8.08. The van der Waals surface area contributed by atoms with Crippen LogP contribution in [0.5, 0.6) is 11.5 Å². The Labute approximate surface area is 89.8 Å². The van der Waals surface area contributed by atoms with Crippen LogP contribution in [0.3, 0.4) is 0 Å². The fourth-order valence-electron chi connectivity index (χ4n) is 0.892. The number of ether oxygens (including phenoxy) is 2. The Kier molecular flexibility index (Phi) is 3.76. The van der Waals surface area contributed by atoms with E-state index in [4.69, 9.17) is 4.74 Å². The van der Waals surface area contributed by atoms with E-state index in [2.05, 4.69) is 11.7 Å². The molecule has 1 radical (unpaired) electrons. The van der Waals surface area contributed by atoms with Gasteiger partial charge in [0, 0.05) is 6.42 Å². The van der Waals surface area contributed by atoms with Gasteiger partial charge in [0.25, 0.3) is 0 Å². The fourth-order valence-corrected chi connectivity index (χ4v) is 0.892. The number of rotatable bonds is 3. The van der Waals surface area contributed by atoms with Gasteiger partial charge in [-0.15, -0.1) is 13.2 Å². The fraction of sp³-hybridized carbons (Fsp3) is 0.200. The quantitative estimate of drug-likeness (QED) is 0.594. The van der Waals surface area contributed by atoms with Crippen LogP contribution in [0.15, 0.2) is 24.3 Å². The van der Waals surface area contributed by atoms with E-state index in [1.165, 1.54) is 12.1 Å². The molecule has 16 heavy (non-hydrogen) atoms. The number of alkyl halides is 3. The van der Waals surface area contributed by atoms with Crippen molar-refractivity contribution in [3.8, 4) is 11.5 Å². The lowest BCUT2D eigenvalue weighted by molar-refractivity contribution is -0.274. The van der Waals surface area contributed by atoms with Gasteiger partial charge in [0.05, 0.1) is 0 Å². The number of carbonyl (C=O) groups is 1. The van der Waals surface area contributed by atoms with E-state index in [1.807, 2.05) is 0 Å². The molecule has 0 saturated heterocycles. The van der Waals surface area contributed by atoms with E-state index in [9.17, 15) is 18.0 Å². The predicted octanol–water partition coefficient (Wildman–Crippen LogP) is 2.71. The van der Waals surface area contributed by atoms with Crippen LogP contribution < -0.4 is 9.47 Å². The molecule has 0 aliphatic carbocycles. The highest BCUT2D eigenvalue weighted by Gasteiger charge is 2.30. The lowest BCUT2D eigenvalue weighted by Crippen LogP contribution is -2.17. The highest BCUT2D eigenvalue weighted by molar-refractivity contribution is 5.72. The van der Waals surface area contributed by atoms with Crippen molar-refractivity contribution in [2.75, 3.05) is 0 Å². The molecule has 0 atom stereocenters. The summed E-state index contributed by atoms with van der Waals surface area (Å²) in [5.74, 6) is -0.797. The summed E-state index contributed by atoms with van der Waals surface area (Å²) in [4.78, 5) is 10.8. The Morgan fingerprint density at radius 2 is 1.69 bits per heavy atom. The maximum absolute atomic E-state index is 11.8. The molecule has 0 aliphatic rings. The second-order valence-corrected chi connectivity index (χ2v) is 2.74. The standard InChI is InChI=1S/C10H8F3O3/c1-2-9(14)15-7-3-5-8(6-4-7)16-10(11,12)13/h3-6H,1-2H2. The third-order valence-electron chi connectivity index (χ3n) is 1.49. The molecule has 0 spiro atoms. The van der Waals surface area contributed by atoms with Crippen molar-refractivity contribution in [2.45, 2.75) is 12.8 Å². The summed E-state index contributed by atoms with van der Waals surface area (Å²) in [6, 6.07) is 4.52. The van der Waals surface area contributed by atoms with Crippen molar-refractivity contribution >= 4 is 5.97 Å². The van der Waals surface area contributed by atoms with Gasteiger partial charge in [0.15, 0.2) is 0 Å². The van der Waals surface area contributed by atoms with E-state index in [0.29, 0.717) is 0 Å². The number of hydrogen-bond acceptors (Lipinski definition) is 3. The topological polar surface area (TPSA) is 35.5 Å². The normalized spacial score (nSPS) is 11.0. The van der Waals surface area contributed by atoms with Crippen LogP contribution in [0, 0.1) is 6.92 Å². The summed E-state index contributed by atoms with van der Waals surface area (Å²) < 4.78 is 43.7. The van der Waals surface area contributed by atoms with E-state index in [-0.39, 0.29) is 17.9 Å². The molecule has 0 aromatic heterocycles. The summed E-state index contributed by atoms with van der Waals surface area (Å²) in [6.07, 6.45) is -4.79. The monoisotopic (exact) mass is 233 g/mol. The minimum atomic E-state index is -4.73. The molecule has 0 aliphatic heterocycles. The Balaban J connectivity index is 2.64. The smallest absolute Gasteiger partial charge is 0.427 e. The molecule has 1 aromatic carbocycles. The molecule has 1 aromatic rings. The van der Waals surface area contributed by atoms with Crippen molar-refractivity contribution in [3.63, 3.8) is 0 Å². The third kappa shape index (κ3) is 4.20. The number of halogens is 3. The number of esters is 1. The second-order valence-electron chi connectivity index (χ2n) is 2.74. The summed E-state index contributed by atoms with van der Waals surface area (Å²) >= 11 is 0. The molecule has 87 valence electrons. The zero-order chi connectivity index (χ0) is 12.2. The van der Waals surface area contributed by atoms with Gasteiger partial charge in [-0.2, -0.15) is 0 Å². The molecule has 1 rings (SSSR count). The third-order valence-corrected chi connectivity index (χ3v) is 1.49. The molecule has 0 bridgehead atoms. The first kappa shape index (κ1) is 12.4. The summed E-state index contributed by atoms with van der Waals surface area (Å²) in [6.45, 7) is 3.30. The maximum Gasteiger partial charge on any atom is 0.573 e. The molecule has 0 fully saturated rings. The first-order chi connectivity index (χ1) is 7.40. The predicted molar refractivity (Wildman–Crippen MR) is 48.7 cm³/mol. The van der Waals surface area contributed by atoms with Crippen molar-refractivity contribution < 1.29 is 27.4 Å². The number of hydrogen-bond donors (Lipinski definition) is 0. The molecule has 0 heterocycles. The number of benzene rings is 1. The first-order valence-corrected chi connectivity index (χ1v) is 4.26. The highest BCUT2D eigenvalue weighted by Crippen LogP contribution is 2.24. The van der Waals surface area contributed by atoms with Crippen LogP contribution in [-0.4, -0.2) is 12.3 Å². The first-order valence-electron chi connectivity index (χ1n) is 4.26. The summed E-state index contributed by atoms with van der Waals surface area (Å²) in [7, 11) is 0. The minimum Gasteiger partial charge on any atom is -0.427 e. The van der Waals surface area contributed by atoms with E-state index in [1.54, 1.807) is 0 Å². The van der Waals surface area contributed by atoms with Crippen LogP contribution in [0.4, 0.5) is 13.2 Å². The Morgan fingerprint density at radius 1 is 1.19 bits per heavy atom. The van der Waals surface area contributed by atoms with Crippen molar-refractivity contribution in [2.24, 2.45) is 0 Å². The molecule has 0 saturated carbocycles. The lowest BCUT2D eigenvalue weighted by atomic mass is 10.3. The molecular weight excluding hydrogens is 225 g/mol.